The molecule has 0 fully saturated rings. The highest BCUT2D eigenvalue weighted by Gasteiger charge is 2.06. The Bertz CT molecular complexity index is 553. The van der Waals surface area contributed by atoms with Crippen molar-refractivity contribution in [3.05, 3.63) is 48.3 Å². The van der Waals surface area contributed by atoms with Crippen molar-refractivity contribution >= 4 is 10.8 Å². The maximum atomic E-state index is 12.0. The zero-order valence-electron chi connectivity index (χ0n) is 12.0. The fourth-order valence-corrected chi connectivity index (χ4v) is 3.00. The highest BCUT2D eigenvalue weighted by Crippen LogP contribution is 2.04. The van der Waals surface area contributed by atoms with E-state index in [9.17, 15) is 4.21 Å². The Balaban J connectivity index is 1.71. The molecule has 0 aliphatic rings. The van der Waals surface area contributed by atoms with Gasteiger partial charge < -0.3 is 5.32 Å². The molecule has 2 rings (SSSR count). The van der Waals surface area contributed by atoms with Crippen LogP contribution in [0.25, 0.3) is 0 Å². The number of rotatable bonds is 7. The Hall–Kier alpha value is -1.46. The van der Waals surface area contributed by atoms with Gasteiger partial charge in [-0.3, -0.25) is 8.89 Å². The third-order valence-corrected chi connectivity index (χ3v) is 4.38. The number of hydrogen-bond acceptors (Lipinski definition) is 3. The Morgan fingerprint density at radius 1 is 1.35 bits per heavy atom. The van der Waals surface area contributed by atoms with Crippen LogP contribution in [0.15, 0.2) is 47.6 Å². The van der Waals surface area contributed by atoms with Gasteiger partial charge in [0, 0.05) is 29.4 Å². The summed E-state index contributed by atoms with van der Waals surface area (Å²) in [4.78, 5) is 0.893. The molecule has 0 aliphatic carbocycles. The van der Waals surface area contributed by atoms with Crippen molar-refractivity contribution in [2.75, 3.05) is 12.3 Å². The van der Waals surface area contributed by atoms with E-state index >= 15 is 0 Å². The molecule has 1 N–H and O–H groups in total. The summed E-state index contributed by atoms with van der Waals surface area (Å²) in [5.41, 5.74) is 1.17. The van der Waals surface area contributed by atoms with Crippen molar-refractivity contribution in [2.24, 2.45) is 0 Å². The summed E-state index contributed by atoms with van der Waals surface area (Å²) in [6, 6.07) is 9.90. The Labute approximate surface area is 122 Å². The average molecular weight is 291 g/mol. The summed E-state index contributed by atoms with van der Waals surface area (Å²) >= 11 is 0. The molecule has 0 unspecified atom stereocenters. The molecule has 2 atom stereocenters. The second-order valence-corrected chi connectivity index (χ2v) is 6.53. The maximum Gasteiger partial charge on any atom is 0.0560 e. The molecular formula is C15H21N3OS. The van der Waals surface area contributed by atoms with Gasteiger partial charge in [-0.1, -0.05) is 18.2 Å². The molecule has 0 radical (unpaired) electrons. The minimum absolute atomic E-state index is 0.307. The molecule has 0 amide bonds. The van der Waals surface area contributed by atoms with Crippen LogP contribution in [0, 0.1) is 6.92 Å². The Morgan fingerprint density at radius 2 is 2.10 bits per heavy atom. The standard InChI is InChI=1S/C15H21N3OS/c1-13-10-17-18(11-13)12-14(2)16-8-9-20(19)15-6-4-3-5-7-15/h3-7,10-11,14,16H,8-9,12H2,1-2H3/t14-,20-/m1/s1. The number of nitrogens with zero attached hydrogens (tertiary/aromatic N) is 2. The van der Waals surface area contributed by atoms with E-state index in [1.807, 2.05) is 54.3 Å². The summed E-state index contributed by atoms with van der Waals surface area (Å²) < 4.78 is 14.0. The molecule has 2 aromatic rings. The summed E-state index contributed by atoms with van der Waals surface area (Å²) in [5, 5.41) is 7.65. The number of benzene rings is 1. The molecule has 5 heteroatoms. The number of nitrogens with one attached hydrogen (secondary N) is 1. The molecular weight excluding hydrogens is 270 g/mol. The van der Waals surface area contributed by atoms with Crippen molar-refractivity contribution in [1.29, 1.82) is 0 Å². The smallest absolute Gasteiger partial charge is 0.0560 e. The van der Waals surface area contributed by atoms with Gasteiger partial charge in [0.1, 0.15) is 0 Å². The molecule has 1 aromatic heterocycles. The van der Waals surface area contributed by atoms with Crippen LogP contribution in [-0.2, 0) is 17.3 Å². The fraction of sp³-hybridized carbons (Fsp3) is 0.400. The van der Waals surface area contributed by atoms with Gasteiger partial charge in [-0.25, -0.2) is 0 Å². The first-order valence-electron chi connectivity index (χ1n) is 6.81. The molecule has 0 bridgehead atoms. The Kier molecular flexibility index (Phi) is 5.49. The summed E-state index contributed by atoms with van der Waals surface area (Å²) in [6.45, 7) is 5.71. The fourth-order valence-electron chi connectivity index (χ4n) is 2.00. The van der Waals surface area contributed by atoms with E-state index in [1.165, 1.54) is 5.56 Å². The highest BCUT2D eigenvalue weighted by atomic mass is 32.2. The molecule has 0 saturated carbocycles. The van der Waals surface area contributed by atoms with Gasteiger partial charge >= 0.3 is 0 Å². The van der Waals surface area contributed by atoms with E-state index in [0.717, 1.165) is 18.0 Å². The largest absolute Gasteiger partial charge is 0.311 e. The molecule has 0 saturated heterocycles. The third kappa shape index (κ3) is 4.58. The van der Waals surface area contributed by atoms with Gasteiger partial charge in [0.2, 0.25) is 0 Å². The van der Waals surface area contributed by atoms with E-state index in [-0.39, 0.29) is 0 Å². The summed E-state index contributed by atoms with van der Waals surface area (Å²) in [6.07, 6.45) is 3.89. The first kappa shape index (κ1) is 14.9. The van der Waals surface area contributed by atoms with E-state index in [1.54, 1.807) is 0 Å². The summed E-state index contributed by atoms with van der Waals surface area (Å²) in [7, 11) is -0.927. The number of aromatic nitrogens is 2. The van der Waals surface area contributed by atoms with Gasteiger partial charge in [-0.15, -0.1) is 0 Å². The van der Waals surface area contributed by atoms with Crippen molar-refractivity contribution in [2.45, 2.75) is 31.3 Å². The zero-order valence-corrected chi connectivity index (χ0v) is 12.8. The van der Waals surface area contributed by atoms with Gasteiger partial charge in [0.15, 0.2) is 0 Å². The number of hydrogen-bond donors (Lipinski definition) is 1. The summed E-state index contributed by atoms with van der Waals surface area (Å²) in [5.74, 6) is 0.631. The minimum atomic E-state index is -0.927. The molecule has 0 spiro atoms. The van der Waals surface area contributed by atoms with Crippen LogP contribution in [0.3, 0.4) is 0 Å². The average Bonchev–Trinajstić information content (AvgIpc) is 2.85. The lowest BCUT2D eigenvalue weighted by atomic mass is 10.3. The maximum absolute atomic E-state index is 12.0. The van der Waals surface area contributed by atoms with E-state index in [0.29, 0.717) is 11.8 Å². The van der Waals surface area contributed by atoms with Crippen LogP contribution in [0.4, 0.5) is 0 Å². The predicted molar refractivity (Wildman–Crippen MR) is 82.1 cm³/mol. The van der Waals surface area contributed by atoms with Crippen molar-refractivity contribution in [3.63, 3.8) is 0 Å². The van der Waals surface area contributed by atoms with Crippen LogP contribution in [-0.4, -0.2) is 32.3 Å². The number of aryl methyl sites for hydroxylation is 1. The molecule has 1 heterocycles. The predicted octanol–water partition coefficient (Wildman–Crippen LogP) is 1.98. The van der Waals surface area contributed by atoms with Gasteiger partial charge in [0.25, 0.3) is 0 Å². The van der Waals surface area contributed by atoms with Gasteiger partial charge in [-0.2, -0.15) is 5.10 Å². The van der Waals surface area contributed by atoms with Crippen LogP contribution in [0.1, 0.15) is 12.5 Å². The third-order valence-electron chi connectivity index (χ3n) is 3.01. The SMILES string of the molecule is Cc1cnn(C[C@@H](C)NCC[S@@](=O)c2ccccc2)c1. The second-order valence-electron chi connectivity index (χ2n) is 4.96. The van der Waals surface area contributed by atoms with Crippen molar-refractivity contribution in [3.8, 4) is 0 Å². The molecule has 20 heavy (non-hydrogen) atoms. The molecule has 4 nitrogen and oxygen atoms in total. The van der Waals surface area contributed by atoms with Crippen LogP contribution < -0.4 is 5.32 Å². The minimum Gasteiger partial charge on any atom is -0.311 e. The van der Waals surface area contributed by atoms with Crippen LogP contribution in [0.5, 0.6) is 0 Å². The quantitative estimate of drug-likeness (QED) is 0.848. The van der Waals surface area contributed by atoms with Crippen LogP contribution >= 0.6 is 0 Å². The zero-order chi connectivity index (χ0) is 14.4. The lowest BCUT2D eigenvalue weighted by Gasteiger charge is -2.13. The first-order valence-corrected chi connectivity index (χ1v) is 8.13. The highest BCUT2D eigenvalue weighted by molar-refractivity contribution is 7.85. The first-order chi connectivity index (χ1) is 9.65. The monoisotopic (exact) mass is 291 g/mol. The van der Waals surface area contributed by atoms with Gasteiger partial charge in [-0.05, 0) is 31.5 Å². The van der Waals surface area contributed by atoms with Crippen LogP contribution in [0.2, 0.25) is 0 Å². The normalized spacial score (nSPS) is 14.1. The van der Waals surface area contributed by atoms with E-state index < -0.39 is 10.8 Å². The lowest BCUT2D eigenvalue weighted by Crippen LogP contribution is -2.33. The van der Waals surface area contributed by atoms with Crippen molar-refractivity contribution < 1.29 is 4.21 Å². The van der Waals surface area contributed by atoms with Crippen molar-refractivity contribution in [1.82, 2.24) is 15.1 Å². The molecule has 108 valence electrons. The Morgan fingerprint density at radius 3 is 2.75 bits per heavy atom. The van der Waals surface area contributed by atoms with E-state index in [4.69, 9.17) is 0 Å². The second kappa shape index (κ2) is 7.36. The van der Waals surface area contributed by atoms with Gasteiger partial charge in [0.05, 0.1) is 23.5 Å². The van der Waals surface area contributed by atoms with E-state index in [2.05, 4.69) is 17.3 Å². The lowest BCUT2D eigenvalue weighted by molar-refractivity contribution is 0.462. The topological polar surface area (TPSA) is 46.9 Å². The molecule has 0 aliphatic heterocycles. The molecule has 1 aromatic carbocycles.